The number of thiol groups is 1. The lowest BCUT2D eigenvalue weighted by Gasteiger charge is -2.18. The minimum atomic E-state index is 0.0185. The van der Waals surface area contributed by atoms with E-state index in [0.29, 0.717) is 12.2 Å². The number of amides is 1. The van der Waals surface area contributed by atoms with Crippen LogP contribution in [0.3, 0.4) is 0 Å². The van der Waals surface area contributed by atoms with Gasteiger partial charge in [-0.15, -0.1) is 0 Å². The predicted octanol–water partition coefficient (Wildman–Crippen LogP) is 2.79. The smallest absolute Gasteiger partial charge is 0.225 e. The maximum atomic E-state index is 11.5. The highest BCUT2D eigenvalue weighted by atomic mass is 32.1. The Bertz CT molecular complexity index is 378. The molecule has 18 heavy (non-hydrogen) atoms. The second-order valence-corrected chi connectivity index (χ2v) is 4.63. The number of rotatable bonds is 7. The molecular formula is C14H22N2OS. The molecule has 4 heteroatoms. The first-order chi connectivity index (χ1) is 8.69. The largest absolute Gasteiger partial charge is 0.326 e. The lowest BCUT2D eigenvalue weighted by Crippen LogP contribution is -2.22. The fourth-order valence-electron chi connectivity index (χ4n) is 1.78. The molecule has 0 aliphatic rings. The SMILES string of the molecule is CCN(CC)Cc1cccc(NC(=O)CCS)c1. The molecule has 3 nitrogen and oxygen atoms in total. The van der Waals surface area contributed by atoms with Crippen LogP contribution in [0.5, 0.6) is 0 Å². The summed E-state index contributed by atoms with van der Waals surface area (Å²) in [6.45, 7) is 7.30. The Morgan fingerprint density at radius 3 is 2.67 bits per heavy atom. The van der Waals surface area contributed by atoms with E-state index in [2.05, 4.69) is 42.8 Å². The van der Waals surface area contributed by atoms with Gasteiger partial charge in [0.2, 0.25) is 5.91 Å². The molecule has 1 rings (SSSR count). The molecule has 0 fully saturated rings. The number of nitrogens with zero attached hydrogens (tertiary/aromatic N) is 1. The molecule has 0 heterocycles. The predicted molar refractivity (Wildman–Crippen MR) is 80.2 cm³/mol. The Morgan fingerprint density at radius 2 is 2.06 bits per heavy atom. The van der Waals surface area contributed by atoms with E-state index in [-0.39, 0.29) is 5.91 Å². The van der Waals surface area contributed by atoms with Crippen LogP contribution in [0.15, 0.2) is 24.3 Å². The highest BCUT2D eigenvalue weighted by molar-refractivity contribution is 7.80. The maximum absolute atomic E-state index is 11.5. The van der Waals surface area contributed by atoms with E-state index in [1.165, 1.54) is 5.56 Å². The minimum absolute atomic E-state index is 0.0185. The third kappa shape index (κ3) is 5.10. The van der Waals surface area contributed by atoms with Crippen molar-refractivity contribution < 1.29 is 4.79 Å². The lowest BCUT2D eigenvalue weighted by molar-refractivity contribution is -0.115. The van der Waals surface area contributed by atoms with E-state index >= 15 is 0 Å². The molecule has 1 N–H and O–H groups in total. The van der Waals surface area contributed by atoms with Gasteiger partial charge in [-0.1, -0.05) is 26.0 Å². The molecule has 0 aromatic heterocycles. The van der Waals surface area contributed by atoms with E-state index in [4.69, 9.17) is 0 Å². The number of nitrogens with one attached hydrogen (secondary N) is 1. The van der Waals surface area contributed by atoms with Gasteiger partial charge in [-0.3, -0.25) is 9.69 Å². The standard InChI is InChI=1S/C14H22N2OS/c1-3-16(4-2)11-12-6-5-7-13(10-12)15-14(17)8-9-18/h5-7,10,18H,3-4,8-9,11H2,1-2H3,(H,15,17). The van der Waals surface area contributed by atoms with Crippen molar-refractivity contribution in [2.45, 2.75) is 26.8 Å². The quantitative estimate of drug-likeness (QED) is 0.744. The van der Waals surface area contributed by atoms with Crippen molar-refractivity contribution >= 4 is 24.2 Å². The van der Waals surface area contributed by atoms with Gasteiger partial charge in [0.15, 0.2) is 0 Å². The first-order valence-corrected chi connectivity index (χ1v) is 7.04. The van der Waals surface area contributed by atoms with E-state index in [1.807, 2.05) is 18.2 Å². The topological polar surface area (TPSA) is 32.3 Å². The fraction of sp³-hybridized carbons (Fsp3) is 0.500. The van der Waals surface area contributed by atoms with Gasteiger partial charge in [-0.25, -0.2) is 0 Å². The molecule has 1 aromatic carbocycles. The summed E-state index contributed by atoms with van der Waals surface area (Å²) >= 11 is 4.05. The summed E-state index contributed by atoms with van der Waals surface area (Å²) in [6, 6.07) is 8.03. The van der Waals surface area contributed by atoms with Crippen molar-refractivity contribution in [1.29, 1.82) is 0 Å². The highest BCUT2D eigenvalue weighted by Crippen LogP contribution is 2.13. The van der Waals surface area contributed by atoms with Crippen molar-refractivity contribution in [2.75, 3.05) is 24.2 Å². The van der Waals surface area contributed by atoms with Crippen LogP contribution in [-0.2, 0) is 11.3 Å². The number of carbonyl (C=O) groups is 1. The molecular weight excluding hydrogens is 244 g/mol. The van der Waals surface area contributed by atoms with E-state index in [1.54, 1.807) is 0 Å². The number of hydrogen-bond donors (Lipinski definition) is 2. The molecule has 0 atom stereocenters. The van der Waals surface area contributed by atoms with Gasteiger partial charge in [0.1, 0.15) is 0 Å². The lowest BCUT2D eigenvalue weighted by atomic mass is 10.2. The normalized spacial score (nSPS) is 10.7. The molecule has 0 bridgehead atoms. The number of benzene rings is 1. The van der Waals surface area contributed by atoms with Crippen LogP contribution in [0.4, 0.5) is 5.69 Å². The first kappa shape index (κ1) is 15.1. The summed E-state index contributed by atoms with van der Waals surface area (Å²) in [4.78, 5) is 13.8. The number of carbonyl (C=O) groups excluding carboxylic acids is 1. The Hall–Kier alpha value is -1.00. The monoisotopic (exact) mass is 266 g/mol. The second kappa shape index (κ2) is 8.16. The molecule has 0 aliphatic heterocycles. The van der Waals surface area contributed by atoms with Crippen LogP contribution in [0.2, 0.25) is 0 Å². The zero-order valence-corrected chi connectivity index (χ0v) is 12.0. The second-order valence-electron chi connectivity index (χ2n) is 4.18. The molecule has 1 aromatic rings. The van der Waals surface area contributed by atoms with Gasteiger partial charge in [0.25, 0.3) is 0 Å². The molecule has 0 saturated carbocycles. The molecule has 0 saturated heterocycles. The zero-order chi connectivity index (χ0) is 13.4. The van der Waals surface area contributed by atoms with Crippen molar-refractivity contribution in [2.24, 2.45) is 0 Å². The first-order valence-electron chi connectivity index (χ1n) is 6.41. The van der Waals surface area contributed by atoms with Crippen LogP contribution >= 0.6 is 12.6 Å². The molecule has 0 unspecified atom stereocenters. The number of anilines is 1. The van der Waals surface area contributed by atoms with Crippen LogP contribution < -0.4 is 5.32 Å². The van der Waals surface area contributed by atoms with Crippen molar-refractivity contribution in [3.05, 3.63) is 29.8 Å². The molecule has 100 valence electrons. The Morgan fingerprint density at radius 1 is 1.33 bits per heavy atom. The summed E-state index contributed by atoms with van der Waals surface area (Å²) in [5.74, 6) is 0.593. The fourth-order valence-corrected chi connectivity index (χ4v) is 1.98. The van der Waals surface area contributed by atoms with E-state index < -0.39 is 0 Å². The summed E-state index contributed by atoms with van der Waals surface area (Å²) in [5, 5.41) is 2.89. The van der Waals surface area contributed by atoms with Crippen molar-refractivity contribution in [3.8, 4) is 0 Å². The van der Waals surface area contributed by atoms with Gasteiger partial charge in [-0.2, -0.15) is 12.6 Å². The highest BCUT2D eigenvalue weighted by Gasteiger charge is 2.04. The van der Waals surface area contributed by atoms with Gasteiger partial charge < -0.3 is 5.32 Å². The Labute approximate surface area is 115 Å². The average Bonchev–Trinajstić information content (AvgIpc) is 2.36. The van der Waals surface area contributed by atoms with Gasteiger partial charge in [-0.05, 0) is 36.5 Å². The van der Waals surface area contributed by atoms with Crippen LogP contribution in [0, 0.1) is 0 Å². The van der Waals surface area contributed by atoms with Crippen LogP contribution in [0.25, 0.3) is 0 Å². The van der Waals surface area contributed by atoms with Crippen molar-refractivity contribution in [3.63, 3.8) is 0 Å². The van der Waals surface area contributed by atoms with Gasteiger partial charge in [0.05, 0.1) is 0 Å². The third-order valence-corrected chi connectivity index (χ3v) is 3.07. The Kier molecular flexibility index (Phi) is 6.83. The summed E-state index contributed by atoms with van der Waals surface area (Å²) < 4.78 is 0. The van der Waals surface area contributed by atoms with E-state index in [9.17, 15) is 4.79 Å². The Balaban J connectivity index is 2.64. The summed E-state index contributed by atoms with van der Waals surface area (Å²) in [7, 11) is 0. The van der Waals surface area contributed by atoms with Crippen LogP contribution in [0.1, 0.15) is 25.8 Å². The maximum Gasteiger partial charge on any atom is 0.225 e. The molecule has 0 spiro atoms. The van der Waals surface area contributed by atoms with Gasteiger partial charge >= 0.3 is 0 Å². The van der Waals surface area contributed by atoms with E-state index in [0.717, 1.165) is 25.3 Å². The summed E-state index contributed by atoms with van der Waals surface area (Å²) in [5.41, 5.74) is 2.09. The number of hydrogen-bond acceptors (Lipinski definition) is 3. The summed E-state index contributed by atoms with van der Waals surface area (Å²) in [6.07, 6.45) is 0.448. The minimum Gasteiger partial charge on any atom is -0.326 e. The molecule has 1 amide bonds. The van der Waals surface area contributed by atoms with Gasteiger partial charge in [0, 0.05) is 18.7 Å². The van der Waals surface area contributed by atoms with Crippen LogP contribution in [-0.4, -0.2) is 29.6 Å². The zero-order valence-electron chi connectivity index (χ0n) is 11.1. The third-order valence-electron chi connectivity index (χ3n) is 2.85. The van der Waals surface area contributed by atoms with Crippen molar-refractivity contribution in [1.82, 2.24) is 4.90 Å². The molecule has 0 aliphatic carbocycles. The molecule has 0 radical (unpaired) electrons. The average molecular weight is 266 g/mol.